The molecule has 1 atom stereocenters. The zero-order valence-corrected chi connectivity index (χ0v) is 16.0. The summed E-state index contributed by atoms with van der Waals surface area (Å²) in [5.74, 6) is 0.485. The summed E-state index contributed by atoms with van der Waals surface area (Å²) >= 11 is 1.57. The van der Waals surface area contributed by atoms with E-state index in [4.69, 9.17) is 0 Å². The van der Waals surface area contributed by atoms with Crippen LogP contribution in [0.1, 0.15) is 11.6 Å². The molecule has 3 aromatic carbocycles. The summed E-state index contributed by atoms with van der Waals surface area (Å²) in [4.78, 5) is 15.5. The van der Waals surface area contributed by atoms with E-state index in [2.05, 4.69) is 52.7 Å². The van der Waals surface area contributed by atoms with E-state index in [1.807, 2.05) is 44.4 Å². The van der Waals surface area contributed by atoms with E-state index in [1.54, 1.807) is 11.8 Å². The number of thioether (sulfide) groups is 1. The summed E-state index contributed by atoms with van der Waals surface area (Å²) in [7, 11) is 4.07. The molecule has 0 aromatic heterocycles. The molecule has 1 unspecified atom stereocenters. The standard InChI is InChI=1S/C22H24N2OS/c1-24(2)21(18-9-4-3-5-10-18)15-23-22(25)16-26-20-13-12-17-8-6-7-11-19(17)14-20/h3-14,21H,15-16H2,1-2H3,(H,23,25). The molecule has 0 heterocycles. The molecule has 1 amide bonds. The lowest BCUT2D eigenvalue weighted by atomic mass is 10.1. The van der Waals surface area contributed by atoms with E-state index in [-0.39, 0.29) is 11.9 Å². The molecular formula is C22H24N2OS. The van der Waals surface area contributed by atoms with E-state index < -0.39 is 0 Å². The maximum absolute atomic E-state index is 12.3. The lowest BCUT2D eigenvalue weighted by molar-refractivity contribution is -0.118. The number of nitrogens with one attached hydrogen (secondary N) is 1. The van der Waals surface area contributed by atoms with Crippen molar-refractivity contribution in [2.75, 3.05) is 26.4 Å². The Morgan fingerprint density at radius 1 is 0.962 bits per heavy atom. The van der Waals surface area contributed by atoms with E-state index in [0.717, 1.165) is 4.90 Å². The number of benzene rings is 3. The highest BCUT2D eigenvalue weighted by molar-refractivity contribution is 8.00. The topological polar surface area (TPSA) is 32.3 Å². The normalized spacial score (nSPS) is 12.3. The number of hydrogen-bond acceptors (Lipinski definition) is 3. The van der Waals surface area contributed by atoms with Crippen LogP contribution in [0.3, 0.4) is 0 Å². The SMILES string of the molecule is CN(C)C(CNC(=O)CSc1ccc2ccccc2c1)c1ccccc1. The van der Waals surface area contributed by atoms with Crippen LogP contribution in [0.15, 0.2) is 77.7 Å². The first-order valence-electron chi connectivity index (χ1n) is 8.73. The van der Waals surface area contributed by atoms with Gasteiger partial charge in [0, 0.05) is 11.4 Å². The first-order chi connectivity index (χ1) is 12.6. The number of carbonyl (C=O) groups excluding carboxylic acids is 1. The molecule has 0 bridgehead atoms. The number of rotatable bonds is 7. The Morgan fingerprint density at radius 2 is 1.65 bits per heavy atom. The zero-order valence-electron chi connectivity index (χ0n) is 15.2. The smallest absolute Gasteiger partial charge is 0.230 e. The number of fused-ring (bicyclic) bond motifs is 1. The van der Waals surface area contributed by atoms with Gasteiger partial charge in [0.2, 0.25) is 5.91 Å². The summed E-state index contributed by atoms with van der Waals surface area (Å²) in [6.07, 6.45) is 0. The van der Waals surface area contributed by atoms with Crippen LogP contribution >= 0.6 is 11.8 Å². The van der Waals surface area contributed by atoms with Crippen molar-refractivity contribution in [2.45, 2.75) is 10.9 Å². The number of likely N-dealkylation sites (N-methyl/N-ethyl adjacent to an activating group) is 1. The van der Waals surface area contributed by atoms with Gasteiger partial charge in [-0.1, -0.05) is 60.7 Å². The minimum absolute atomic E-state index is 0.0611. The highest BCUT2D eigenvalue weighted by atomic mass is 32.2. The number of amides is 1. The average molecular weight is 365 g/mol. The van der Waals surface area contributed by atoms with Gasteiger partial charge in [0.25, 0.3) is 0 Å². The van der Waals surface area contributed by atoms with Gasteiger partial charge in [0.15, 0.2) is 0 Å². The van der Waals surface area contributed by atoms with Gasteiger partial charge in [-0.05, 0) is 42.6 Å². The van der Waals surface area contributed by atoms with Gasteiger partial charge in [0.1, 0.15) is 0 Å². The van der Waals surface area contributed by atoms with Crippen LogP contribution in [-0.2, 0) is 4.79 Å². The van der Waals surface area contributed by atoms with E-state index in [0.29, 0.717) is 12.3 Å². The van der Waals surface area contributed by atoms with Crippen LogP contribution in [0, 0.1) is 0 Å². The molecule has 3 rings (SSSR count). The maximum Gasteiger partial charge on any atom is 0.230 e. The number of carbonyl (C=O) groups is 1. The van der Waals surface area contributed by atoms with E-state index in [9.17, 15) is 4.79 Å². The second kappa shape index (κ2) is 8.88. The lowest BCUT2D eigenvalue weighted by Crippen LogP contribution is -2.35. The molecule has 0 radical (unpaired) electrons. The Bertz CT molecular complexity index is 864. The third kappa shape index (κ3) is 4.87. The van der Waals surface area contributed by atoms with Crippen molar-refractivity contribution < 1.29 is 4.79 Å². The largest absolute Gasteiger partial charge is 0.353 e. The molecule has 0 spiro atoms. The molecule has 3 nitrogen and oxygen atoms in total. The van der Waals surface area contributed by atoms with Crippen LogP contribution in [0.4, 0.5) is 0 Å². The minimum atomic E-state index is 0.0611. The minimum Gasteiger partial charge on any atom is -0.353 e. The zero-order chi connectivity index (χ0) is 18.4. The van der Waals surface area contributed by atoms with Crippen LogP contribution in [0.2, 0.25) is 0 Å². The number of nitrogens with zero attached hydrogens (tertiary/aromatic N) is 1. The summed E-state index contributed by atoms with van der Waals surface area (Å²) in [5.41, 5.74) is 1.21. The fourth-order valence-corrected chi connectivity index (χ4v) is 3.72. The molecule has 134 valence electrons. The molecule has 0 saturated carbocycles. The van der Waals surface area contributed by atoms with Crippen molar-refractivity contribution in [1.29, 1.82) is 0 Å². The lowest BCUT2D eigenvalue weighted by Gasteiger charge is -2.25. The van der Waals surface area contributed by atoms with Gasteiger partial charge in [-0.3, -0.25) is 4.79 Å². The van der Waals surface area contributed by atoms with Gasteiger partial charge < -0.3 is 10.2 Å². The van der Waals surface area contributed by atoms with Gasteiger partial charge in [-0.25, -0.2) is 0 Å². The Morgan fingerprint density at radius 3 is 2.38 bits per heavy atom. The van der Waals surface area contributed by atoms with E-state index >= 15 is 0 Å². The van der Waals surface area contributed by atoms with Crippen molar-refractivity contribution in [1.82, 2.24) is 10.2 Å². The maximum atomic E-state index is 12.3. The summed E-state index contributed by atoms with van der Waals surface area (Å²) in [6, 6.07) is 25.0. The molecule has 0 aliphatic carbocycles. The molecule has 4 heteroatoms. The third-order valence-corrected chi connectivity index (χ3v) is 5.38. The molecule has 0 saturated heterocycles. The summed E-state index contributed by atoms with van der Waals surface area (Å²) in [5, 5.41) is 5.49. The predicted molar refractivity (Wildman–Crippen MR) is 111 cm³/mol. The Kier molecular flexibility index (Phi) is 6.31. The molecule has 26 heavy (non-hydrogen) atoms. The van der Waals surface area contributed by atoms with Crippen molar-refractivity contribution in [3.63, 3.8) is 0 Å². The predicted octanol–water partition coefficient (Wildman–Crippen LogP) is 4.35. The summed E-state index contributed by atoms with van der Waals surface area (Å²) < 4.78 is 0. The summed E-state index contributed by atoms with van der Waals surface area (Å²) in [6.45, 7) is 0.605. The molecule has 3 aromatic rings. The van der Waals surface area contributed by atoms with Crippen LogP contribution in [0.25, 0.3) is 10.8 Å². The van der Waals surface area contributed by atoms with Crippen LogP contribution < -0.4 is 5.32 Å². The van der Waals surface area contributed by atoms with Crippen LogP contribution in [0.5, 0.6) is 0 Å². The van der Waals surface area contributed by atoms with Gasteiger partial charge in [-0.15, -0.1) is 11.8 Å². The Hall–Kier alpha value is -2.30. The quantitative estimate of drug-likeness (QED) is 0.633. The fraction of sp³-hybridized carbons (Fsp3) is 0.227. The second-order valence-corrected chi connectivity index (χ2v) is 7.54. The highest BCUT2D eigenvalue weighted by Gasteiger charge is 2.15. The molecule has 0 aliphatic heterocycles. The number of hydrogen-bond donors (Lipinski definition) is 1. The first kappa shape index (κ1) is 18.5. The molecule has 0 aliphatic rings. The van der Waals surface area contributed by atoms with E-state index in [1.165, 1.54) is 16.3 Å². The van der Waals surface area contributed by atoms with Crippen molar-refractivity contribution in [2.24, 2.45) is 0 Å². The molecule has 0 fully saturated rings. The third-order valence-electron chi connectivity index (χ3n) is 4.39. The van der Waals surface area contributed by atoms with Gasteiger partial charge in [0.05, 0.1) is 11.8 Å². The Labute approximate surface area is 159 Å². The Balaban J connectivity index is 1.54. The molecular weight excluding hydrogens is 340 g/mol. The fourth-order valence-electron chi connectivity index (χ4n) is 2.94. The van der Waals surface area contributed by atoms with Crippen molar-refractivity contribution >= 4 is 28.4 Å². The van der Waals surface area contributed by atoms with Crippen LogP contribution in [-0.4, -0.2) is 37.2 Å². The molecule has 1 N–H and O–H groups in total. The van der Waals surface area contributed by atoms with Gasteiger partial charge >= 0.3 is 0 Å². The monoisotopic (exact) mass is 364 g/mol. The second-order valence-electron chi connectivity index (χ2n) is 6.49. The van der Waals surface area contributed by atoms with Crippen molar-refractivity contribution in [3.05, 3.63) is 78.4 Å². The average Bonchev–Trinajstić information content (AvgIpc) is 2.67. The van der Waals surface area contributed by atoms with Gasteiger partial charge in [-0.2, -0.15) is 0 Å². The van der Waals surface area contributed by atoms with Crippen molar-refractivity contribution in [3.8, 4) is 0 Å². The first-order valence-corrected chi connectivity index (χ1v) is 9.72. The highest BCUT2D eigenvalue weighted by Crippen LogP contribution is 2.23.